The van der Waals surface area contributed by atoms with Crippen molar-refractivity contribution in [2.45, 2.75) is 69.9 Å². The van der Waals surface area contributed by atoms with E-state index in [0.29, 0.717) is 25.4 Å². The molecule has 0 bridgehead atoms. The average Bonchev–Trinajstić information content (AvgIpc) is 3.45. The summed E-state index contributed by atoms with van der Waals surface area (Å²) in [5.74, 6) is -3.48. The van der Waals surface area contributed by atoms with Crippen LogP contribution in [-0.4, -0.2) is 75.8 Å². The van der Waals surface area contributed by atoms with Crippen molar-refractivity contribution in [3.63, 3.8) is 0 Å². The van der Waals surface area contributed by atoms with Gasteiger partial charge in [-0.25, -0.2) is 9.59 Å². The molecule has 39 heavy (non-hydrogen) atoms. The molecule has 2 N–H and O–H groups in total. The van der Waals surface area contributed by atoms with Crippen LogP contribution in [-0.2, 0) is 32.2 Å². The minimum absolute atomic E-state index is 0.204. The fourth-order valence-corrected chi connectivity index (χ4v) is 3.95. The molecule has 2 fully saturated rings. The number of ether oxygens (including phenoxy) is 2. The van der Waals surface area contributed by atoms with Gasteiger partial charge in [0.1, 0.15) is 11.5 Å². The second-order valence-corrected chi connectivity index (χ2v) is 8.65. The lowest BCUT2D eigenvalue weighted by atomic mass is 9.99. The monoisotopic (exact) mass is 570 g/mol. The smallest absolute Gasteiger partial charge is 0.475 e. The van der Waals surface area contributed by atoms with Crippen molar-refractivity contribution in [1.29, 1.82) is 0 Å². The number of pyridine rings is 1. The minimum atomic E-state index is -5.08. The zero-order valence-electron chi connectivity index (χ0n) is 20.7. The number of hydrogen-bond acceptors (Lipinski definition) is 7. The van der Waals surface area contributed by atoms with Crippen LogP contribution in [0.25, 0.3) is 0 Å². The van der Waals surface area contributed by atoms with Gasteiger partial charge < -0.3 is 24.1 Å². The number of alkyl halides is 6. The van der Waals surface area contributed by atoms with Crippen molar-refractivity contribution in [2.75, 3.05) is 13.2 Å². The number of likely N-dealkylation sites (tertiary alicyclic amines) is 1. The van der Waals surface area contributed by atoms with E-state index in [1.165, 1.54) is 6.42 Å². The highest BCUT2D eigenvalue weighted by Gasteiger charge is 2.40. The second-order valence-electron chi connectivity index (χ2n) is 8.65. The predicted molar refractivity (Wildman–Crippen MR) is 121 cm³/mol. The Kier molecular flexibility index (Phi) is 11.7. The van der Waals surface area contributed by atoms with Gasteiger partial charge in [-0.15, -0.1) is 0 Å². The van der Waals surface area contributed by atoms with E-state index in [2.05, 4.69) is 16.0 Å². The van der Waals surface area contributed by atoms with E-state index >= 15 is 0 Å². The quantitative estimate of drug-likeness (QED) is 0.481. The third-order valence-electron chi connectivity index (χ3n) is 5.67. The SMILES string of the molecule is Cc1ccc(CN2CC[C@@H]3O[C@H](COCc4ccccn4)CC[C@@H]32)o1.O=C(O)C(F)(F)F.O=C(O)C(F)(F)F. The van der Waals surface area contributed by atoms with Gasteiger partial charge in [0.25, 0.3) is 0 Å². The highest BCUT2D eigenvalue weighted by Crippen LogP contribution is 2.32. The Morgan fingerprint density at radius 1 is 1.03 bits per heavy atom. The lowest BCUT2D eigenvalue weighted by Crippen LogP contribution is -2.43. The normalized spacial score (nSPS) is 21.2. The molecule has 2 aromatic rings. The van der Waals surface area contributed by atoms with Gasteiger partial charge in [0.05, 0.1) is 37.7 Å². The lowest BCUT2D eigenvalue weighted by Gasteiger charge is -2.35. The number of carbonyl (C=O) groups is 2. The van der Waals surface area contributed by atoms with E-state index in [0.717, 1.165) is 43.1 Å². The van der Waals surface area contributed by atoms with Gasteiger partial charge in [0.15, 0.2) is 0 Å². The summed E-state index contributed by atoms with van der Waals surface area (Å²) in [6.07, 6.45) is -4.52. The van der Waals surface area contributed by atoms with Crippen LogP contribution < -0.4 is 0 Å². The zero-order chi connectivity index (χ0) is 29.2. The Balaban J connectivity index is 0.000000317. The van der Waals surface area contributed by atoms with E-state index in [9.17, 15) is 26.3 Å². The van der Waals surface area contributed by atoms with Gasteiger partial charge in [-0.05, 0) is 50.5 Å². The van der Waals surface area contributed by atoms with Crippen molar-refractivity contribution < 1.29 is 60.0 Å². The number of nitrogens with zero attached hydrogens (tertiary/aromatic N) is 2. The van der Waals surface area contributed by atoms with Crippen LogP contribution in [0.1, 0.15) is 36.5 Å². The molecule has 0 spiro atoms. The zero-order valence-corrected chi connectivity index (χ0v) is 20.7. The van der Waals surface area contributed by atoms with E-state index in [1.54, 1.807) is 6.20 Å². The average molecular weight is 570 g/mol. The highest BCUT2D eigenvalue weighted by atomic mass is 19.4. The van der Waals surface area contributed by atoms with E-state index in [1.807, 2.05) is 31.2 Å². The number of carboxylic acids is 2. The van der Waals surface area contributed by atoms with E-state index in [-0.39, 0.29) is 6.10 Å². The predicted octanol–water partition coefficient (Wildman–Crippen LogP) is 4.59. The first-order valence-electron chi connectivity index (χ1n) is 11.7. The van der Waals surface area contributed by atoms with Gasteiger partial charge >= 0.3 is 24.3 Å². The van der Waals surface area contributed by atoms with Crippen molar-refractivity contribution in [3.8, 4) is 0 Å². The lowest BCUT2D eigenvalue weighted by molar-refractivity contribution is -0.193. The van der Waals surface area contributed by atoms with Gasteiger partial charge in [-0.1, -0.05) is 6.07 Å². The molecular weight excluding hydrogens is 542 g/mol. The molecule has 0 aromatic carbocycles. The Labute approximate surface area is 219 Å². The molecule has 2 saturated heterocycles. The van der Waals surface area contributed by atoms with Crippen LogP contribution in [0, 0.1) is 6.92 Å². The maximum Gasteiger partial charge on any atom is 0.490 e. The number of halogens is 6. The van der Waals surface area contributed by atoms with Crippen LogP contribution in [0.2, 0.25) is 0 Å². The minimum Gasteiger partial charge on any atom is -0.475 e. The third-order valence-corrected chi connectivity index (χ3v) is 5.67. The number of fused-ring (bicyclic) bond motifs is 1. The fourth-order valence-electron chi connectivity index (χ4n) is 3.95. The maximum atomic E-state index is 10.6. The van der Waals surface area contributed by atoms with Gasteiger partial charge in [-0.3, -0.25) is 9.88 Å². The summed E-state index contributed by atoms with van der Waals surface area (Å²) in [6.45, 7) is 5.17. The molecular formula is C24H28F6N2O7. The largest absolute Gasteiger partial charge is 0.490 e. The molecule has 4 rings (SSSR count). The van der Waals surface area contributed by atoms with E-state index in [4.69, 9.17) is 33.7 Å². The standard InChI is InChI=1S/C20H26N2O3.2C2HF3O2/c1-15-5-6-17(24-15)12-22-11-9-20-19(22)8-7-18(25-20)14-23-13-16-4-2-3-10-21-16;2*3-2(4,5)1(6)7/h2-6,10,18-20H,7-9,11-14H2,1H3;2*(H,6,7)/t18-,19-,20-;;/m0../s1. The Bertz CT molecular complexity index is 1020. The van der Waals surface area contributed by atoms with Crippen LogP contribution in [0.3, 0.4) is 0 Å². The molecule has 9 nitrogen and oxygen atoms in total. The molecule has 0 radical (unpaired) electrons. The number of aromatic nitrogens is 1. The number of hydrogen-bond donors (Lipinski definition) is 2. The highest BCUT2D eigenvalue weighted by molar-refractivity contribution is 5.73. The molecule has 0 aliphatic carbocycles. The van der Waals surface area contributed by atoms with Gasteiger partial charge in [-0.2, -0.15) is 26.3 Å². The first-order valence-corrected chi connectivity index (χ1v) is 11.7. The molecule has 2 aliphatic heterocycles. The summed E-state index contributed by atoms with van der Waals surface area (Å²) in [5.41, 5.74) is 0.969. The number of aryl methyl sites for hydroxylation is 1. The number of rotatable bonds is 6. The summed E-state index contributed by atoms with van der Waals surface area (Å²) >= 11 is 0. The summed E-state index contributed by atoms with van der Waals surface area (Å²) in [5, 5.41) is 14.2. The molecule has 0 saturated carbocycles. The van der Waals surface area contributed by atoms with Crippen LogP contribution in [0.4, 0.5) is 26.3 Å². The Morgan fingerprint density at radius 2 is 1.67 bits per heavy atom. The fraction of sp³-hybridized carbons (Fsp3) is 0.542. The summed E-state index contributed by atoms with van der Waals surface area (Å²) < 4.78 is 81.3. The molecule has 4 heterocycles. The second kappa shape index (κ2) is 14.3. The van der Waals surface area contributed by atoms with Gasteiger partial charge in [0.2, 0.25) is 0 Å². The molecule has 0 unspecified atom stereocenters. The number of furan rings is 1. The summed E-state index contributed by atoms with van der Waals surface area (Å²) in [7, 11) is 0. The summed E-state index contributed by atoms with van der Waals surface area (Å²) in [6, 6.07) is 10.5. The molecule has 2 aliphatic rings. The maximum absolute atomic E-state index is 10.6. The summed E-state index contributed by atoms with van der Waals surface area (Å²) in [4.78, 5) is 24.6. The Morgan fingerprint density at radius 3 is 2.18 bits per heavy atom. The third kappa shape index (κ3) is 11.2. The van der Waals surface area contributed by atoms with Crippen molar-refractivity contribution in [2.24, 2.45) is 0 Å². The van der Waals surface area contributed by atoms with Crippen molar-refractivity contribution in [1.82, 2.24) is 9.88 Å². The van der Waals surface area contributed by atoms with Crippen molar-refractivity contribution >= 4 is 11.9 Å². The van der Waals surface area contributed by atoms with E-state index < -0.39 is 24.3 Å². The molecule has 3 atom stereocenters. The molecule has 218 valence electrons. The molecule has 2 aromatic heterocycles. The topological polar surface area (TPSA) is 122 Å². The van der Waals surface area contributed by atoms with Crippen LogP contribution in [0.15, 0.2) is 40.9 Å². The first kappa shape index (κ1) is 32.0. The molecule has 15 heteroatoms. The number of aliphatic carboxylic acids is 2. The van der Waals surface area contributed by atoms with Crippen molar-refractivity contribution in [3.05, 3.63) is 53.7 Å². The first-order chi connectivity index (χ1) is 18.2. The van der Waals surface area contributed by atoms with Crippen LogP contribution >= 0.6 is 0 Å². The van der Waals surface area contributed by atoms with Crippen LogP contribution in [0.5, 0.6) is 0 Å². The van der Waals surface area contributed by atoms with Gasteiger partial charge in [0, 0.05) is 18.8 Å². The molecule has 0 amide bonds. The number of carboxylic acid groups (broad SMARTS) is 2. The Hall–Kier alpha value is -3.17.